The van der Waals surface area contributed by atoms with Gasteiger partial charge in [0.15, 0.2) is 0 Å². The van der Waals surface area contributed by atoms with Gasteiger partial charge in [0.2, 0.25) is 0 Å². The number of nitrogens with one attached hydrogen (secondary N) is 1. The van der Waals surface area contributed by atoms with Gasteiger partial charge in [-0.3, -0.25) is 14.9 Å². The summed E-state index contributed by atoms with van der Waals surface area (Å²) in [6.07, 6.45) is 1.49. The molecule has 9 heteroatoms. The van der Waals surface area contributed by atoms with Crippen molar-refractivity contribution in [1.82, 2.24) is 9.99 Å². The van der Waals surface area contributed by atoms with E-state index in [4.69, 9.17) is 4.74 Å². The van der Waals surface area contributed by atoms with Crippen molar-refractivity contribution >= 4 is 17.8 Å². The smallest absolute Gasteiger partial charge is 0.275 e. The number of phenols is 1. The summed E-state index contributed by atoms with van der Waals surface area (Å²) in [5, 5.41) is 25.1. The van der Waals surface area contributed by atoms with Crippen LogP contribution in [0.2, 0.25) is 0 Å². The molecule has 0 atom stereocenters. The zero-order valence-corrected chi connectivity index (χ0v) is 17.5. The molecule has 0 saturated carbocycles. The van der Waals surface area contributed by atoms with Crippen molar-refractivity contribution < 1.29 is 19.6 Å². The van der Waals surface area contributed by atoms with Gasteiger partial charge in [-0.25, -0.2) is 5.43 Å². The highest BCUT2D eigenvalue weighted by Crippen LogP contribution is 2.26. The lowest BCUT2D eigenvalue weighted by Crippen LogP contribution is -2.17. The first-order valence-electron chi connectivity index (χ1n) is 9.37. The molecule has 0 spiro atoms. The molecule has 0 aliphatic carbocycles. The summed E-state index contributed by atoms with van der Waals surface area (Å²) < 4.78 is 6.90. The average Bonchev–Trinajstić information content (AvgIpc) is 3.01. The molecule has 1 aromatic heterocycles. The number of aromatic hydroxyl groups is 1. The molecule has 0 fully saturated rings. The quantitative estimate of drug-likeness (QED) is 0.356. The van der Waals surface area contributed by atoms with Crippen molar-refractivity contribution in [2.24, 2.45) is 5.10 Å². The van der Waals surface area contributed by atoms with Crippen LogP contribution in [0.25, 0.3) is 5.69 Å². The first-order chi connectivity index (χ1) is 14.7. The van der Waals surface area contributed by atoms with E-state index < -0.39 is 10.8 Å². The second kappa shape index (κ2) is 8.70. The number of benzene rings is 2. The van der Waals surface area contributed by atoms with Crippen LogP contribution in [0.1, 0.15) is 32.9 Å². The highest BCUT2D eigenvalue weighted by Gasteiger charge is 2.16. The van der Waals surface area contributed by atoms with Crippen molar-refractivity contribution in [3.63, 3.8) is 0 Å². The monoisotopic (exact) mass is 422 g/mol. The molecule has 0 unspecified atom stereocenters. The summed E-state index contributed by atoms with van der Waals surface area (Å²) in [4.78, 5) is 23.0. The average molecular weight is 422 g/mol. The number of nitro groups is 1. The molecule has 160 valence electrons. The SMILES string of the molecule is COc1ccc(C(=O)N/N=C\c2cc(C)n(-c3cc([N+](=O)[O-])ccc3C)c2C)c(O)c1. The van der Waals surface area contributed by atoms with E-state index in [0.29, 0.717) is 11.4 Å². The summed E-state index contributed by atoms with van der Waals surface area (Å²) in [7, 11) is 1.46. The number of carbonyl (C=O) groups excluding carboxylic acids is 1. The Kier molecular flexibility index (Phi) is 6.05. The van der Waals surface area contributed by atoms with Crippen molar-refractivity contribution in [2.45, 2.75) is 20.8 Å². The van der Waals surface area contributed by atoms with E-state index in [1.807, 2.05) is 31.4 Å². The van der Waals surface area contributed by atoms with Crippen LogP contribution in [0, 0.1) is 30.9 Å². The van der Waals surface area contributed by atoms with Gasteiger partial charge in [-0.15, -0.1) is 0 Å². The van der Waals surface area contributed by atoms with Gasteiger partial charge in [-0.1, -0.05) is 6.07 Å². The van der Waals surface area contributed by atoms with Gasteiger partial charge in [0, 0.05) is 35.2 Å². The number of ether oxygens (including phenoxy) is 1. The number of non-ortho nitro benzene ring substituents is 1. The van der Waals surface area contributed by atoms with Crippen LogP contribution in [0.15, 0.2) is 47.6 Å². The number of methoxy groups -OCH3 is 1. The van der Waals surface area contributed by atoms with Crippen LogP contribution >= 0.6 is 0 Å². The minimum atomic E-state index is -0.570. The summed E-state index contributed by atoms with van der Waals surface area (Å²) in [5.74, 6) is -0.354. The second-order valence-electron chi connectivity index (χ2n) is 6.97. The molecule has 31 heavy (non-hydrogen) atoms. The zero-order valence-electron chi connectivity index (χ0n) is 17.5. The van der Waals surface area contributed by atoms with Crippen LogP contribution in [0.3, 0.4) is 0 Å². The maximum atomic E-state index is 12.3. The molecule has 3 aromatic rings. The van der Waals surface area contributed by atoms with Crippen LogP contribution in [-0.2, 0) is 0 Å². The standard InChI is InChI=1S/C22H22N4O5/c1-13-5-6-17(26(29)30)10-20(13)25-14(2)9-16(15(25)3)12-23-24-22(28)19-8-7-18(31-4)11-21(19)27/h5-12,27H,1-4H3,(H,24,28)/b23-12-. The summed E-state index contributed by atoms with van der Waals surface area (Å²) in [6.45, 7) is 5.63. The van der Waals surface area contributed by atoms with Crippen molar-refractivity contribution in [2.75, 3.05) is 7.11 Å². The molecule has 1 heterocycles. The number of nitro benzene ring substituents is 1. The maximum absolute atomic E-state index is 12.3. The number of hydrazone groups is 1. The topological polar surface area (TPSA) is 119 Å². The van der Waals surface area contributed by atoms with Gasteiger partial charge >= 0.3 is 0 Å². The Morgan fingerprint density at radius 2 is 1.94 bits per heavy atom. The van der Waals surface area contributed by atoms with E-state index in [9.17, 15) is 20.0 Å². The Labute approximate surface area is 178 Å². The molecular weight excluding hydrogens is 400 g/mol. The fraction of sp³-hybridized carbons (Fsp3) is 0.182. The first kappa shape index (κ1) is 21.6. The minimum Gasteiger partial charge on any atom is -0.507 e. The minimum absolute atomic E-state index is 0.00915. The Morgan fingerprint density at radius 1 is 1.19 bits per heavy atom. The number of phenolic OH excluding ortho intramolecular Hbond substituents is 1. The molecule has 0 aliphatic heterocycles. The van der Waals surface area contributed by atoms with Gasteiger partial charge in [0.1, 0.15) is 11.5 Å². The first-order valence-corrected chi connectivity index (χ1v) is 9.37. The van der Waals surface area contributed by atoms with Crippen LogP contribution in [0.4, 0.5) is 5.69 Å². The molecule has 2 aromatic carbocycles. The Balaban J connectivity index is 1.85. The van der Waals surface area contributed by atoms with Crippen molar-refractivity contribution in [3.05, 3.63) is 80.7 Å². The third kappa shape index (κ3) is 4.40. The van der Waals surface area contributed by atoms with E-state index >= 15 is 0 Å². The summed E-state index contributed by atoms with van der Waals surface area (Å²) in [5.41, 5.74) is 6.47. The molecule has 3 rings (SSSR count). The largest absolute Gasteiger partial charge is 0.507 e. The fourth-order valence-electron chi connectivity index (χ4n) is 3.29. The number of aromatic nitrogens is 1. The van der Waals surface area contributed by atoms with E-state index in [1.165, 1.54) is 37.6 Å². The number of aryl methyl sites for hydroxylation is 2. The van der Waals surface area contributed by atoms with E-state index in [-0.39, 0.29) is 17.0 Å². The summed E-state index contributed by atoms with van der Waals surface area (Å²) >= 11 is 0. The van der Waals surface area contributed by atoms with Crippen molar-refractivity contribution in [3.8, 4) is 17.2 Å². The van der Waals surface area contributed by atoms with Gasteiger partial charge < -0.3 is 14.4 Å². The maximum Gasteiger partial charge on any atom is 0.275 e. The van der Waals surface area contributed by atoms with Gasteiger partial charge in [0.25, 0.3) is 11.6 Å². The lowest BCUT2D eigenvalue weighted by Gasteiger charge is -2.12. The Bertz CT molecular complexity index is 1200. The summed E-state index contributed by atoms with van der Waals surface area (Å²) in [6, 6.07) is 10.9. The Hall–Kier alpha value is -4.14. The van der Waals surface area contributed by atoms with Crippen LogP contribution in [-0.4, -0.2) is 33.8 Å². The van der Waals surface area contributed by atoms with E-state index in [2.05, 4.69) is 10.5 Å². The van der Waals surface area contributed by atoms with Gasteiger partial charge in [-0.2, -0.15) is 5.10 Å². The predicted molar refractivity (Wildman–Crippen MR) is 116 cm³/mol. The zero-order chi connectivity index (χ0) is 22.7. The second-order valence-corrected chi connectivity index (χ2v) is 6.97. The highest BCUT2D eigenvalue weighted by molar-refractivity contribution is 5.97. The van der Waals surface area contributed by atoms with Gasteiger partial charge in [-0.05, 0) is 44.5 Å². The molecule has 0 radical (unpaired) electrons. The normalized spacial score (nSPS) is 11.0. The lowest BCUT2D eigenvalue weighted by molar-refractivity contribution is -0.384. The third-order valence-electron chi connectivity index (χ3n) is 4.93. The molecule has 0 bridgehead atoms. The van der Waals surface area contributed by atoms with E-state index in [0.717, 1.165) is 22.5 Å². The number of hydrogen-bond acceptors (Lipinski definition) is 6. The third-order valence-corrected chi connectivity index (χ3v) is 4.93. The number of nitrogens with zero attached hydrogens (tertiary/aromatic N) is 3. The number of rotatable bonds is 6. The molecule has 0 saturated heterocycles. The van der Waals surface area contributed by atoms with Crippen LogP contribution < -0.4 is 10.2 Å². The molecule has 0 aliphatic rings. The Morgan fingerprint density at radius 3 is 2.58 bits per heavy atom. The molecule has 2 N–H and O–H groups in total. The predicted octanol–water partition coefficient (Wildman–Crippen LogP) is 3.79. The molecule has 9 nitrogen and oxygen atoms in total. The number of hydrogen-bond donors (Lipinski definition) is 2. The fourth-order valence-corrected chi connectivity index (χ4v) is 3.29. The molecule has 1 amide bonds. The lowest BCUT2D eigenvalue weighted by atomic mass is 10.1. The highest BCUT2D eigenvalue weighted by atomic mass is 16.6. The number of amides is 1. The molecular formula is C22H22N4O5. The van der Waals surface area contributed by atoms with E-state index in [1.54, 1.807) is 12.1 Å². The number of carbonyl (C=O) groups is 1. The van der Waals surface area contributed by atoms with Gasteiger partial charge in [0.05, 0.1) is 29.5 Å². The van der Waals surface area contributed by atoms with Crippen LogP contribution in [0.5, 0.6) is 11.5 Å². The van der Waals surface area contributed by atoms with Crippen molar-refractivity contribution in [1.29, 1.82) is 0 Å².